The van der Waals surface area contributed by atoms with E-state index in [9.17, 15) is 12.8 Å². The minimum atomic E-state index is -3.47. The van der Waals surface area contributed by atoms with Gasteiger partial charge in [0.1, 0.15) is 11.6 Å². The molecule has 1 fully saturated rings. The maximum Gasteiger partial charge on any atom is 0.240 e. The molecule has 2 N–H and O–H groups in total. The van der Waals surface area contributed by atoms with Crippen LogP contribution < -0.4 is 4.72 Å². The number of H-pyrrole nitrogens is 1. The van der Waals surface area contributed by atoms with Crippen LogP contribution in [-0.4, -0.2) is 50.0 Å². The van der Waals surface area contributed by atoms with Crippen molar-refractivity contribution in [1.82, 2.24) is 19.6 Å². The molecular weight excluding hydrogens is 403 g/mol. The van der Waals surface area contributed by atoms with Gasteiger partial charge in [-0.2, -0.15) is 0 Å². The van der Waals surface area contributed by atoms with E-state index < -0.39 is 10.0 Å². The third-order valence-electron chi connectivity index (χ3n) is 5.91. The molecule has 2 aromatic carbocycles. The zero-order valence-corrected chi connectivity index (χ0v) is 18.1. The number of piperidine rings is 1. The minimum absolute atomic E-state index is 0.261. The Labute approximate surface area is 176 Å². The van der Waals surface area contributed by atoms with Gasteiger partial charge in [-0.1, -0.05) is 12.1 Å². The van der Waals surface area contributed by atoms with Gasteiger partial charge in [0.05, 0.1) is 15.9 Å². The second-order valence-electron chi connectivity index (χ2n) is 7.97. The first-order valence-corrected chi connectivity index (χ1v) is 11.7. The van der Waals surface area contributed by atoms with Crippen molar-refractivity contribution >= 4 is 21.1 Å². The molecule has 1 aromatic heterocycles. The number of benzene rings is 2. The summed E-state index contributed by atoms with van der Waals surface area (Å²) >= 11 is 0. The van der Waals surface area contributed by atoms with E-state index in [0.29, 0.717) is 17.2 Å². The van der Waals surface area contributed by atoms with Crippen molar-refractivity contribution in [3.05, 3.63) is 59.2 Å². The largest absolute Gasteiger partial charge is 0.342 e. The third kappa shape index (κ3) is 4.40. The van der Waals surface area contributed by atoms with E-state index >= 15 is 0 Å². The van der Waals surface area contributed by atoms with E-state index in [0.717, 1.165) is 60.5 Å². The van der Waals surface area contributed by atoms with Crippen LogP contribution in [0.3, 0.4) is 0 Å². The first-order valence-electron chi connectivity index (χ1n) is 10.3. The van der Waals surface area contributed by atoms with Crippen molar-refractivity contribution < 1.29 is 12.8 Å². The Morgan fingerprint density at radius 3 is 2.70 bits per heavy atom. The highest BCUT2D eigenvalue weighted by molar-refractivity contribution is 7.89. The molecule has 6 nitrogen and oxygen atoms in total. The van der Waals surface area contributed by atoms with Crippen molar-refractivity contribution in [3.8, 4) is 0 Å². The number of aromatic nitrogens is 2. The topological polar surface area (TPSA) is 78.1 Å². The zero-order valence-electron chi connectivity index (χ0n) is 17.3. The molecule has 0 amide bonds. The number of sulfonamides is 1. The number of hydrogen-bond acceptors (Lipinski definition) is 4. The number of aryl methyl sites for hydroxylation is 1. The molecule has 160 valence electrons. The molecule has 1 aliphatic heterocycles. The van der Waals surface area contributed by atoms with Crippen molar-refractivity contribution in [2.24, 2.45) is 0 Å². The Morgan fingerprint density at radius 1 is 1.20 bits per heavy atom. The molecule has 8 heteroatoms. The fourth-order valence-electron chi connectivity index (χ4n) is 4.13. The number of fused-ring (bicyclic) bond motifs is 1. The number of likely N-dealkylation sites (tertiary alicyclic amines) is 1. The van der Waals surface area contributed by atoms with Crippen molar-refractivity contribution in [1.29, 1.82) is 0 Å². The lowest BCUT2D eigenvalue weighted by atomic mass is 9.96. The summed E-state index contributed by atoms with van der Waals surface area (Å²) in [4.78, 5) is 10.6. The zero-order chi connectivity index (χ0) is 21.3. The summed E-state index contributed by atoms with van der Waals surface area (Å²) in [6.45, 7) is 4.56. The normalized spacial score (nSPS) is 16.4. The molecule has 3 aromatic rings. The van der Waals surface area contributed by atoms with E-state index in [-0.39, 0.29) is 5.82 Å². The Kier molecular flexibility index (Phi) is 5.90. The first kappa shape index (κ1) is 21.0. The van der Waals surface area contributed by atoms with Crippen LogP contribution in [-0.2, 0) is 16.4 Å². The molecule has 0 spiro atoms. The van der Waals surface area contributed by atoms with Crippen molar-refractivity contribution in [3.63, 3.8) is 0 Å². The molecule has 1 aliphatic rings. The summed E-state index contributed by atoms with van der Waals surface area (Å²) in [6, 6.07) is 10.2. The molecule has 0 saturated carbocycles. The van der Waals surface area contributed by atoms with Crippen LogP contribution in [0.15, 0.2) is 41.3 Å². The summed E-state index contributed by atoms with van der Waals surface area (Å²) in [5, 5.41) is 0. The number of imidazole rings is 1. The third-order valence-corrected chi connectivity index (χ3v) is 7.41. The lowest BCUT2D eigenvalue weighted by molar-refractivity contribution is 0.211. The minimum Gasteiger partial charge on any atom is -0.342 e. The summed E-state index contributed by atoms with van der Waals surface area (Å²) in [6.07, 6.45) is 2.63. The molecule has 0 aliphatic carbocycles. The van der Waals surface area contributed by atoms with Gasteiger partial charge in [0, 0.05) is 12.5 Å². The summed E-state index contributed by atoms with van der Waals surface area (Å²) in [5.41, 5.74) is 3.31. The average Bonchev–Trinajstić information content (AvgIpc) is 3.16. The number of halogens is 1. The van der Waals surface area contributed by atoms with Crippen LogP contribution in [0.2, 0.25) is 0 Å². The molecule has 0 atom stereocenters. The van der Waals surface area contributed by atoms with Gasteiger partial charge in [0.25, 0.3) is 0 Å². The van der Waals surface area contributed by atoms with Gasteiger partial charge in [0.2, 0.25) is 10.0 Å². The predicted octanol–water partition coefficient (Wildman–Crippen LogP) is 3.34. The quantitative estimate of drug-likeness (QED) is 0.629. The van der Waals surface area contributed by atoms with E-state index in [2.05, 4.69) is 19.6 Å². The fraction of sp³-hybridized carbons (Fsp3) is 0.409. The molecule has 4 rings (SSSR count). The lowest BCUT2D eigenvalue weighted by Gasteiger charge is -2.31. The molecule has 0 unspecified atom stereocenters. The Hall–Kier alpha value is -2.29. The SMILES string of the molecule is CNS(=O)(=O)c1cc(C)ccc1CCN1CCC(c2nc3ccc(F)cc3[nH]2)CC1. The standard InChI is InChI=1S/C22H27FN4O2S/c1-15-3-4-16(21(13-15)30(28,29)24-2)7-10-27-11-8-17(9-12-27)22-25-19-6-5-18(23)14-20(19)26-22/h3-6,13-14,17,24H,7-12H2,1-2H3,(H,25,26). The molecule has 1 saturated heterocycles. The Balaban J connectivity index is 1.38. The van der Waals surface area contributed by atoms with E-state index in [1.807, 2.05) is 19.1 Å². The Bertz CT molecular complexity index is 1150. The summed E-state index contributed by atoms with van der Waals surface area (Å²) in [5.74, 6) is 0.996. The van der Waals surface area contributed by atoms with Gasteiger partial charge in [-0.25, -0.2) is 22.5 Å². The number of aromatic amines is 1. The van der Waals surface area contributed by atoms with Crippen LogP contribution in [0, 0.1) is 12.7 Å². The van der Waals surface area contributed by atoms with Crippen molar-refractivity contribution in [2.75, 3.05) is 26.7 Å². The van der Waals surface area contributed by atoms with Gasteiger partial charge in [0.15, 0.2) is 0 Å². The van der Waals surface area contributed by atoms with E-state index in [1.54, 1.807) is 12.1 Å². The lowest BCUT2D eigenvalue weighted by Crippen LogP contribution is -2.35. The van der Waals surface area contributed by atoms with Gasteiger partial charge >= 0.3 is 0 Å². The maximum absolute atomic E-state index is 13.4. The monoisotopic (exact) mass is 430 g/mol. The van der Waals surface area contributed by atoms with Crippen LogP contribution in [0.4, 0.5) is 4.39 Å². The first-order chi connectivity index (χ1) is 14.4. The molecule has 0 radical (unpaired) electrons. The predicted molar refractivity (Wildman–Crippen MR) is 116 cm³/mol. The summed E-state index contributed by atoms with van der Waals surface area (Å²) < 4.78 is 40.6. The van der Waals surface area contributed by atoms with E-state index in [1.165, 1.54) is 19.2 Å². The maximum atomic E-state index is 13.4. The number of rotatable bonds is 6. The van der Waals surface area contributed by atoms with Crippen LogP contribution in [0.1, 0.15) is 35.7 Å². The molecule has 2 heterocycles. The number of nitrogens with one attached hydrogen (secondary N) is 2. The average molecular weight is 431 g/mol. The van der Waals surface area contributed by atoms with Crippen LogP contribution >= 0.6 is 0 Å². The number of nitrogens with zero attached hydrogens (tertiary/aromatic N) is 2. The molecule has 30 heavy (non-hydrogen) atoms. The van der Waals surface area contributed by atoms with Gasteiger partial charge < -0.3 is 9.88 Å². The van der Waals surface area contributed by atoms with Gasteiger partial charge in [-0.15, -0.1) is 0 Å². The molecular formula is C22H27FN4O2S. The van der Waals surface area contributed by atoms with Crippen LogP contribution in [0.25, 0.3) is 11.0 Å². The number of hydrogen-bond donors (Lipinski definition) is 2. The van der Waals surface area contributed by atoms with Gasteiger partial charge in [-0.05, 0) is 81.7 Å². The second-order valence-corrected chi connectivity index (χ2v) is 9.82. The highest BCUT2D eigenvalue weighted by atomic mass is 32.2. The highest BCUT2D eigenvalue weighted by Crippen LogP contribution is 2.28. The van der Waals surface area contributed by atoms with E-state index in [4.69, 9.17) is 0 Å². The van der Waals surface area contributed by atoms with Crippen molar-refractivity contribution in [2.45, 2.75) is 37.0 Å². The second kappa shape index (κ2) is 8.45. The Morgan fingerprint density at radius 2 is 1.97 bits per heavy atom. The van der Waals surface area contributed by atoms with Gasteiger partial charge in [-0.3, -0.25) is 0 Å². The molecule has 0 bridgehead atoms. The van der Waals surface area contributed by atoms with Crippen LogP contribution in [0.5, 0.6) is 0 Å². The highest BCUT2D eigenvalue weighted by Gasteiger charge is 2.24. The summed E-state index contributed by atoms with van der Waals surface area (Å²) in [7, 11) is -2.03. The smallest absolute Gasteiger partial charge is 0.240 e. The fourth-order valence-corrected chi connectivity index (χ4v) is 5.21.